The maximum Gasteiger partial charge on any atom is 0.330 e. The molecule has 1 aromatic carbocycles. The van der Waals surface area contributed by atoms with Gasteiger partial charge in [0, 0.05) is 36.9 Å². The molecule has 0 radical (unpaired) electrons. The van der Waals surface area contributed by atoms with Crippen molar-refractivity contribution < 1.29 is 14.3 Å². The fourth-order valence-electron chi connectivity index (χ4n) is 3.72. The van der Waals surface area contributed by atoms with Crippen LogP contribution in [0, 0.1) is 12.7 Å². The highest BCUT2D eigenvalue weighted by molar-refractivity contribution is 5.84. The van der Waals surface area contributed by atoms with Gasteiger partial charge >= 0.3 is 5.97 Å². The molecule has 0 saturated carbocycles. The van der Waals surface area contributed by atoms with Gasteiger partial charge in [0.1, 0.15) is 17.2 Å². The van der Waals surface area contributed by atoms with E-state index in [1.165, 1.54) is 12.1 Å². The van der Waals surface area contributed by atoms with Crippen LogP contribution in [0.2, 0.25) is 0 Å². The third-order valence-electron chi connectivity index (χ3n) is 5.28. The van der Waals surface area contributed by atoms with Crippen LogP contribution in [0.1, 0.15) is 18.4 Å². The zero-order valence-electron chi connectivity index (χ0n) is 14.4. The molecule has 2 aromatic heterocycles. The van der Waals surface area contributed by atoms with E-state index >= 15 is 0 Å². The van der Waals surface area contributed by atoms with Crippen molar-refractivity contribution in [3.8, 4) is 0 Å². The largest absolute Gasteiger partial charge is 0.479 e. The third kappa shape index (κ3) is 2.60. The first-order valence-corrected chi connectivity index (χ1v) is 8.53. The van der Waals surface area contributed by atoms with Crippen molar-refractivity contribution in [2.75, 3.05) is 18.0 Å². The number of aryl methyl sites for hydroxylation is 1. The Morgan fingerprint density at radius 3 is 2.69 bits per heavy atom. The van der Waals surface area contributed by atoms with Crippen LogP contribution in [0.25, 0.3) is 10.9 Å². The van der Waals surface area contributed by atoms with Gasteiger partial charge in [-0.1, -0.05) is 0 Å². The predicted octanol–water partition coefficient (Wildman–Crippen LogP) is 2.96. The van der Waals surface area contributed by atoms with E-state index < -0.39 is 11.5 Å². The number of aliphatic carboxylic acids is 1. The number of pyridine rings is 1. The van der Waals surface area contributed by atoms with E-state index in [2.05, 4.69) is 14.9 Å². The van der Waals surface area contributed by atoms with Crippen molar-refractivity contribution in [3.63, 3.8) is 0 Å². The van der Waals surface area contributed by atoms with Crippen molar-refractivity contribution in [1.29, 1.82) is 0 Å². The van der Waals surface area contributed by atoms with Crippen LogP contribution in [0.5, 0.6) is 0 Å². The van der Waals surface area contributed by atoms with Crippen molar-refractivity contribution >= 4 is 22.7 Å². The molecule has 6 nitrogen and oxygen atoms in total. The van der Waals surface area contributed by atoms with E-state index in [1.54, 1.807) is 29.4 Å². The first-order chi connectivity index (χ1) is 12.5. The number of rotatable bonds is 3. The number of anilines is 1. The summed E-state index contributed by atoms with van der Waals surface area (Å²) >= 11 is 0. The second-order valence-electron chi connectivity index (χ2n) is 6.75. The number of benzene rings is 1. The molecule has 1 N–H and O–H groups in total. The zero-order chi connectivity index (χ0) is 18.3. The molecule has 7 heteroatoms. The number of halogens is 1. The molecular weight excluding hydrogens is 335 g/mol. The van der Waals surface area contributed by atoms with E-state index in [0.717, 1.165) is 16.8 Å². The van der Waals surface area contributed by atoms with Crippen LogP contribution in [0.4, 0.5) is 10.2 Å². The van der Waals surface area contributed by atoms with Gasteiger partial charge in [-0.3, -0.25) is 0 Å². The third-order valence-corrected chi connectivity index (χ3v) is 5.28. The molecule has 4 rings (SSSR count). The van der Waals surface area contributed by atoms with Gasteiger partial charge in [-0.25, -0.2) is 19.2 Å². The average molecular weight is 354 g/mol. The summed E-state index contributed by atoms with van der Waals surface area (Å²) in [5.74, 6) is -0.407. The Hall–Kier alpha value is -2.96. The number of carboxylic acids is 1. The SMILES string of the molecule is Cc1cc(N2CCC(C(=O)O)(n3ccnc3)CC2)nc2cc(F)ccc12. The lowest BCUT2D eigenvalue weighted by molar-refractivity contribution is -0.148. The molecule has 0 bridgehead atoms. The lowest BCUT2D eigenvalue weighted by Crippen LogP contribution is -2.51. The summed E-state index contributed by atoms with van der Waals surface area (Å²) in [6, 6.07) is 6.58. The number of imidazole rings is 1. The number of aromatic nitrogens is 3. The Bertz CT molecular complexity index is 963. The fraction of sp³-hybridized carbons (Fsp3) is 0.316. The molecule has 0 spiro atoms. The van der Waals surface area contributed by atoms with E-state index in [0.29, 0.717) is 31.4 Å². The minimum atomic E-state index is -0.981. The number of piperidine rings is 1. The minimum absolute atomic E-state index is 0.315. The van der Waals surface area contributed by atoms with Crippen molar-refractivity contribution in [2.24, 2.45) is 0 Å². The lowest BCUT2D eigenvalue weighted by Gasteiger charge is -2.40. The summed E-state index contributed by atoms with van der Waals surface area (Å²) in [7, 11) is 0. The minimum Gasteiger partial charge on any atom is -0.479 e. The highest BCUT2D eigenvalue weighted by Gasteiger charge is 2.43. The molecule has 0 amide bonds. The summed E-state index contributed by atoms with van der Waals surface area (Å²) in [4.78, 5) is 22.6. The summed E-state index contributed by atoms with van der Waals surface area (Å²) in [6.45, 7) is 3.08. The quantitative estimate of drug-likeness (QED) is 0.783. The van der Waals surface area contributed by atoms with Crippen molar-refractivity contribution in [2.45, 2.75) is 25.3 Å². The van der Waals surface area contributed by atoms with Crippen LogP contribution < -0.4 is 4.90 Å². The number of hydrogen-bond donors (Lipinski definition) is 1. The van der Waals surface area contributed by atoms with Crippen LogP contribution >= 0.6 is 0 Å². The van der Waals surface area contributed by atoms with Gasteiger partial charge in [0.25, 0.3) is 0 Å². The summed E-state index contributed by atoms with van der Waals surface area (Å²) in [5, 5.41) is 10.7. The van der Waals surface area contributed by atoms with Gasteiger partial charge in [0.2, 0.25) is 0 Å². The number of fused-ring (bicyclic) bond motifs is 1. The molecular formula is C19H19FN4O2. The molecule has 3 aromatic rings. The first kappa shape index (κ1) is 16.5. The molecule has 26 heavy (non-hydrogen) atoms. The first-order valence-electron chi connectivity index (χ1n) is 8.53. The Labute approximate surface area is 149 Å². The Morgan fingerprint density at radius 2 is 2.04 bits per heavy atom. The maximum atomic E-state index is 13.6. The monoisotopic (exact) mass is 354 g/mol. The van der Waals surface area contributed by atoms with Gasteiger partial charge in [-0.2, -0.15) is 0 Å². The second kappa shape index (κ2) is 6.09. The lowest BCUT2D eigenvalue weighted by atomic mass is 9.87. The van der Waals surface area contributed by atoms with E-state index in [1.807, 2.05) is 13.0 Å². The van der Waals surface area contributed by atoms with E-state index in [9.17, 15) is 14.3 Å². The predicted molar refractivity (Wildman–Crippen MR) is 95.7 cm³/mol. The van der Waals surface area contributed by atoms with E-state index in [4.69, 9.17) is 0 Å². The van der Waals surface area contributed by atoms with Crippen LogP contribution in [-0.2, 0) is 10.3 Å². The molecule has 1 fully saturated rings. The van der Waals surface area contributed by atoms with Gasteiger partial charge in [0.05, 0.1) is 11.8 Å². The fourth-order valence-corrected chi connectivity index (χ4v) is 3.72. The van der Waals surface area contributed by atoms with Gasteiger partial charge in [0.15, 0.2) is 0 Å². The highest BCUT2D eigenvalue weighted by atomic mass is 19.1. The van der Waals surface area contributed by atoms with Gasteiger partial charge in [-0.05, 0) is 43.5 Å². The number of carboxylic acid groups (broad SMARTS) is 1. The smallest absolute Gasteiger partial charge is 0.330 e. The topological polar surface area (TPSA) is 71.2 Å². The summed E-state index contributed by atoms with van der Waals surface area (Å²) in [5.41, 5.74) is 0.657. The summed E-state index contributed by atoms with van der Waals surface area (Å²) < 4.78 is 15.2. The number of nitrogens with zero attached hydrogens (tertiary/aromatic N) is 4. The van der Waals surface area contributed by atoms with Gasteiger partial charge in [-0.15, -0.1) is 0 Å². The number of hydrogen-bond acceptors (Lipinski definition) is 4. The Morgan fingerprint density at radius 1 is 1.27 bits per heavy atom. The van der Waals surface area contributed by atoms with Crippen LogP contribution in [0.3, 0.4) is 0 Å². The molecule has 0 atom stereocenters. The van der Waals surface area contributed by atoms with E-state index in [-0.39, 0.29) is 5.82 Å². The Balaban J connectivity index is 1.64. The highest BCUT2D eigenvalue weighted by Crippen LogP contribution is 2.33. The average Bonchev–Trinajstić information content (AvgIpc) is 3.16. The standard InChI is InChI=1S/C19H19FN4O2/c1-13-10-17(22-16-11-14(20)2-3-15(13)16)23-7-4-19(5-8-23,18(25)26)24-9-6-21-12-24/h2-3,6,9-12H,4-5,7-8H2,1H3,(H,25,26). The van der Waals surface area contributed by atoms with Crippen LogP contribution in [-0.4, -0.2) is 38.7 Å². The molecule has 3 heterocycles. The second-order valence-corrected chi connectivity index (χ2v) is 6.75. The maximum absolute atomic E-state index is 13.6. The molecule has 1 aliphatic rings. The normalized spacial score (nSPS) is 16.8. The summed E-state index contributed by atoms with van der Waals surface area (Å²) in [6.07, 6.45) is 5.75. The molecule has 1 saturated heterocycles. The Kier molecular flexibility index (Phi) is 3.86. The number of carbonyl (C=O) groups is 1. The molecule has 0 aliphatic carbocycles. The van der Waals surface area contributed by atoms with Crippen LogP contribution in [0.15, 0.2) is 43.0 Å². The molecule has 1 aliphatic heterocycles. The van der Waals surface area contributed by atoms with Crippen molar-refractivity contribution in [1.82, 2.24) is 14.5 Å². The van der Waals surface area contributed by atoms with Gasteiger partial charge < -0.3 is 14.6 Å². The zero-order valence-corrected chi connectivity index (χ0v) is 14.4. The molecule has 0 unspecified atom stereocenters. The molecule has 134 valence electrons. The van der Waals surface area contributed by atoms with Crippen molar-refractivity contribution in [3.05, 3.63) is 54.4 Å².